The molecular formula is C11H19ClN6O. The van der Waals surface area contributed by atoms with E-state index in [2.05, 4.69) is 25.6 Å². The Hall–Kier alpha value is -1.63. The number of nitrogens with zero attached hydrogens (tertiary/aromatic N) is 4. The molecule has 0 bridgehead atoms. The Bertz CT molecular complexity index is 439. The van der Waals surface area contributed by atoms with E-state index in [1.807, 2.05) is 20.8 Å². The molecule has 0 fully saturated rings. The van der Waals surface area contributed by atoms with Crippen LogP contribution in [0.5, 0.6) is 0 Å². The highest BCUT2D eigenvalue weighted by atomic mass is 35.5. The van der Waals surface area contributed by atoms with E-state index in [9.17, 15) is 4.79 Å². The first kappa shape index (κ1) is 15.4. The summed E-state index contributed by atoms with van der Waals surface area (Å²) in [5.74, 6) is 0.655. The molecule has 1 amide bonds. The summed E-state index contributed by atoms with van der Waals surface area (Å²) in [6.07, 6.45) is 0. The van der Waals surface area contributed by atoms with Gasteiger partial charge in [0, 0.05) is 19.6 Å². The molecule has 0 aliphatic rings. The van der Waals surface area contributed by atoms with Gasteiger partial charge < -0.3 is 15.5 Å². The highest BCUT2D eigenvalue weighted by molar-refractivity contribution is 6.28. The number of rotatable bonds is 6. The number of amides is 1. The zero-order valence-electron chi connectivity index (χ0n) is 11.6. The van der Waals surface area contributed by atoms with Gasteiger partial charge in [-0.15, -0.1) is 0 Å². The van der Waals surface area contributed by atoms with Crippen LogP contribution in [0.4, 0.5) is 11.9 Å². The van der Waals surface area contributed by atoms with Crippen LogP contribution in [0.25, 0.3) is 0 Å². The summed E-state index contributed by atoms with van der Waals surface area (Å²) in [4.78, 5) is 25.4. The van der Waals surface area contributed by atoms with Crippen LogP contribution in [0.3, 0.4) is 0 Å². The molecular weight excluding hydrogens is 268 g/mol. The topological polar surface area (TPSA) is 83.0 Å². The molecule has 0 saturated heterocycles. The van der Waals surface area contributed by atoms with Crippen molar-refractivity contribution < 1.29 is 4.79 Å². The first-order valence-corrected chi connectivity index (χ1v) is 6.46. The lowest BCUT2D eigenvalue weighted by atomic mass is 10.4. The van der Waals surface area contributed by atoms with Crippen LogP contribution in [-0.4, -0.2) is 47.0 Å². The third kappa shape index (κ3) is 5.25. The van der Waals surface area contributed by atoms with Crippen LogP contribution >= 0.6 is 11.6 Å². The fraction of sp³-hybridized carbons (Fsp3) is 0.636. The zero-order valence-corrected chi connectivity index (χ0v) is 12.3. The summed E-state index contributed by atoms with van der Waals surface area (Å²) in [5.41, 5.74) is 0. The minimum absolute atomic E-state index is 0.0945. The van der Waals surface area contributed by atoms with Crippen LogP contribution in [0.1, 0.15) is 20.8 Å². The lowest BCUT2D eigenvalue weighted by Gasteiger charge is -2.18. The Morgan fingerprint density at radius 2 is 2.05 bits per heavy atom. The van der Waals surface area contributed by atoms with Crippen molar-refractivity contribution in [2.75, 3.05) is 30.4 Å². The van der Waals surface area contributed by atoms with Crippen LogP contribution in [0, 0.1) is 0 Å². The minimum atomic E-state index is -0.0981. The summed E-state index contributed by atoms with van der Waals surface area (Å²) in [7, 11) is 1.72. The standard InChI is InChI=1S/C11H19ClN6O/c1-5-13-10-15-9(12)16-11(17-10)18(4)6-8(19)14-7(2)3/h7H,5-6H2,1-4H3,(H,14,19)(H,13,15,16,17). The Balaban J connectivity index is 2.75. The number of nitrogens with one attached hydrogen (secondary N) is 2. The average molecular weight is 287 g/mol. The summed E-state index contributed by atoms with van der Waals surface area (Å²) in [6.45, 7) is 6.57. The first-order chi connectivity index (χ1) is 8.92. The van der Waals surface area contributed by atoms with E-state index in [1.54, 1.807) is 11.9 Å². The molecule has 19 heavy (non-hydrogen) atoms. The van der Waals surface area contributed by atoms with E-state index in [0.717, 1.165) is 0 Å². The van der Waals surface area contributed by atoms with Crippen molar-refractivity contribution >= 4 is 29.4 Å². The molecule has 1 aromatic heterocycles. The molecule has 1 aromatic rings. The van der Waals surface area contributed by atoms with E-state index in [0.29, 0.717) is 18.4 Å². The van der Waals surface area contributed by atoms with Crippen molar-refractivity contribution in [3.63, 3.8) is 0 Å². The molecule has 0 aliphatic heterocycles. The van der Waals surface area contributed by atoms with Gasteiger partial charge >= 0.3 is 0 Å². The number of aromatic nitrogens is 3. The molecule has 0 aliphatic carbocycles. The van der Waals surface area contributed by atoms with Crippen molar-refractivity contribution in [1.82, 2.24) is 20.3 Å². The van der Waals surface area contributed by atoms with Crippen molar-refractivity contribution in [2.45, 2.75) is 26.8 Å². The monoisotopic (exact) mass is 286 g/mol. The SMILES string of the molecule is CCNc1nc(Cl)nc(N(C)CC(=O)NC(C)C)n1. The molecule has 0 spiro atoms. The fourth-order valence-electron chi connectivity index (χ4n) is 1.40. The maximum atomic E-state index is 11.7. The zero-order chi connectivity index (χ0) is 14.4. The summed E-state index contributed by atoms with van der Waals surface area (Å²) < 4.78 is 0. The van der Waals surface area contributed by atoms with E-state index in [-0.39, 0.29) is 23.8 Å². The predicted octanol–water partition coefficient (Wildman–Crippen LogP) is 0.918. The van der Waals surface area contributed by atoms with Gasteiger partial charge in [0.2, 0.25) is 23.1 Å². The number of anilines is 2. The van der Waals surface area contributed by atoms with Crippen LogP contribution in [-0.2, 0) is 4.79 Å². The highest BCUT2D eigenvalue weighted by Gasteiger charge is 2.13. The Morgan fingerprint density at radius 3 is 2.63 bits per heavy atom. The van der Waals surface area contributed by atoms with Gasteiger partial charge in [-0.2, -0.15) is 15.0 Å². The molecule has 0 unspecified atom stereocenters. The largest absolute Gasteiger partial charge is 0.354 e. The quantitative estimate of drug-likeness (QED) is 0.809. The van der Waals surface area contributed by atoms with Crippen molar-refractivity contribution in [3.05, 3.63) is 5.28 Å². The molecule has 7 nitrogen and oxygen atoms in total. The highest BCUT2D eigenvalue weighted by Crippen LogP contribution is 2.12. The number of hydrogen-bond donors (Lipinski definition) is 2. The average Bonchev–Trinajstić information content (AvgIpc) is 2.27. The number of carbonyl (C=O) groups is 1. The van der Waals surface area contributed by atoms with Gasteiger partial charge in [0.05, 0.1) is 6.54 Å². The molecule has 8 heteroatoms. The Kier molecular flexibility index (Phi) is 5.75. The van der Waals surface area contributed by atoms with Crippen LogP contribution < -0.4 is 15.5 Å². The molecule has 0 atom stereocenters. The number of hydrogen-bond acceptors (Lipinski definition) is 6. The molecule has 1 heterocycles. The Labute approximate surface area is 117 Å². The summed E-state index contributed by atoms with van der Waals surface area (Å²) in [5, 5.41) is 5.85. The lowest BCUT2D eigenvalue weighted by Crippen LogP contribution is -2.39. The lowest BCUT2D eigenvalue weighted by molar-refractivity contribution is -0.120. The van der Waals surface area contributed by atoms with Gasteiger partial charge in [0.25, 0.3) is 0 Å². The fourth-order valence-corrected chi connectivity index (χ4v) is 1.56. The number of halogens is 1. The summed E-state index contributed by atoms with van der Waals surface area (Å²) in [6, 6.07) is 0.0974. The van der Waals surface area contributed by atoms with E-state index < -0.39 is 0 Å². The van der Waals surface area contributed by atoms with E-state index in [4.69, 9.17) is 11.6 Å². The molecule has 0 aromatic carbocycles. The number of carbonyl (C=O) groups excluding carboxylic acids is 1. The smallest absolute Gasteiger partial charge is 0.239 e. The molecule has 106 valence electrons. The third-order valence-electron chi connectivity index (χ3n) is 2.10. The molecule has 2 N–H and O–H groups in total. The van der Waals surface area contributed by atoms with Gasteiger partial charge in [0.15, 0.2) is 0 Å². The van der Waals surface area contributed by atoms with Crippen molar-refractivity contribution in [2.24, 2.45) is 0 Å². The van der Waals surface area contributed by atoms with Gasteiger partial charge in [-0.1, -0.05) is 0 Å². The minimum Gasteiger partial charge on any atom is -0.354 e. The van der Waals surface area contributed by atoms with Crippen LogP contribution in [0.15, 0.2) is 0 Å². The van der Waals surface area contributed by atoms with Gasteiger partial charge in [-0.3, -0.25) is 4.79 Å². The molecule has 0 saturated carbocycles. The maximum Gasteiger partial charge on any atom is 0.239 e. The van der Waals surface area contributed by atoms with Gasteiger partial charge in [-0.25, -0.2) is 0 Å². The summed E-state index contributed by atoms with van der Waals surface area (Å²) >= 11 is 5.82. The van der Waals surface area contributed by atoms with E-state index >= 15 is 0 Å². The second-order valence-corrected chi connectivity index (χ2v) is 4.67. The number of likely N-dealkylation sites (N-methyl/N-ethyl adjacent to an activating group) is 1. The second-order valence-electron chi connectivity index (χ2n) is 4.34. The normalized spacial score (nSPS) is 10.4. The van der Waals surface area contributed by atoms with Gasteiger partial charge in [0.1, 0.15) is 0 Å². The van der Waals surface area contributed by atoms with Gasteiger partial charge in [-0.05, 0) is 32.4 Å². The van der Waals surface area contributed by atoms with Crippen LogP contribution in [0.2, 0.25) is 5.28 Å². The molecule has 1 rings (SSSR count). The van der Waals surface area contributed by atoms with Crippen molar-refractivity contribution in [1.29, 1.82) is 0 Å². The van der Waals surface area contributed by atoms with E-state index in [1.165, 1.54) is 0 Å². The first-order valence-electron chi connectivity index (χ1n) is 6.08. The maximum absolute atomic E-state index is 11.7. The predicted molar refractivity (Wildman–Crippen MR) is 75.5 cm³/mol. The molecule has 0 radical (unpaired) electrons. The van der Waals surface area contributed by atoms with Crippen molar-refractivity contribution in [3.8, 4) is 0 Å². The third-order valence-corrected chi connectivity index (χ3v) is 2.27. The Morgan fingerprint density at radius 1 is 1.37 bits per heavy atom. The second kappa shape index (κ2) is 7.08.